The molecule has 0 saturated carbocycles. The van der Waals surface area contributed by atoms with Crippen LogP contribution >= 0.6 is 11.6 Å². The van der Waals surface area contributed by atoms with Crippen molar-refractivity contribution in [1.82, 2.24) is 0 Å². The average Bonchev–Trinajstić information content (AvgIpc) is 2.03. The fraction of sp³-hybridized carbons (Fsp3) is 0.556. The summed E-state index contributed by atoms with van der Waals surface area (Å²) >= 11 is 5.48. The first-order valence-corrected chi connectivity index (χ1v) is 4.50. The molecule has 0 bridgehead atoms. The SMILES string of the molecule is C=C(Cl)CCCC(=O)OC(=O)CC. The van der Waals surface area contributed by atoms with Crippen LogP contribution in [0.1, 0.15) is 32.6 Å². The Labute approximate surface area is 82.7 Å². The molecule has 74 valence electrons. The number of allylic oxidation sites excluding steroid dienone is 1. The Morgan fingerprint density at radius 1 is 1.31 bits per heavy atom. The third kappa shape index (κ3) is 7.53. The van der Waals surface area contributed by atoms with Crippen molar-refractivity contribution >= 4 is 23.5 Å². The predicted molar refractivity (Wildman–Crippen MR) is 50.2 cm³/mol. The maximum Gasteiger partial charge on any atom is 0.313 e. The van der Waals surface area contributed by atoms with Gasteiger partial charge in [-0.05, 0) is 12.8 Å². The molecule has 0 heterocycles. The number of hydrogen-bond acceptors (Lipinski definition) is 3. The molecule has 0 rings (SSSR count). The van der Waals surface area contributed by atoms with Crippen LogP contribution in [-0.4, -0.2) is 11.9 Å². The predicted octanol–water partition coefficient (Wildman–Crippen LogP) is 2.39. The van der Waals surface area contributed by atoms with Gasteiger partial charge in [-0.2, -0.15) is 0 Å². The number of carbonyl (C=O) groups is 2. The summed E-state index contributed by atoms with van der Waals surface area (Å²) in [5.41, 5.74) is 0. The Morgan fingerprint density at radius 2 is 1.92 bits per heavy atom. The minimum absolute atomic E-state index is 0.206. The van der Waals surface area contributed by atoms with Gasteiger partial charge in [-0.1, -0.05) is 25.1 Å². The molecule has 0 spiro atoms. The second-order valence-corrected chi connectivity index (χ2v) is 3.10. The minimum Gasteiger partial charge on any atom is -0.393 e. The molecule has 0 atom stereocenters. The van der Waals surface area contributed by atoms with Crippen molar-refractivity contribution in [3.05, 3.63) is 11.6 Å². The first-order valence-electron chi connectivity index (χ1n) is 4.13. The van der Waals surface area contributed by atoms with Crippen LogP contribution in [0.15, 0.2) is 11.6 Å². The van der Waals surface area contributed by atoms with E-state index in [2.05, 4.69) is 11.3 Å². The summed E-state index contributed by atoms with van der Waals surface area (Å²) in [6.45, 7) is 5.11. The van der Waals surface area contributed by atoms with Crippen LogP contribution in [0.25, 0.3) is 0 Å². The standard InChI is InChI=1S/C9H13ClO3/c1-3-8(11)13-9(12)6-4-5-7(2)10/h2-6H2,1H3. The van der Waals surface area contributed by atoms with E-state index in [9.17, 15) is 9.59 Å². The van der Waals surface area contributed by atoms with Gasteiger partial charge in [-0.25, -0.2) is 0 Å². The van der Waals surface area contributed by atoms with E-state index in [1.54, 1.807) is 6.92 Å². The number of esters is 2. The molecule has 0 saturated heterocycles. The lowest BCUT2D eigenvalue weighted by Gasteiger charge is -2.00. The lowest BCUT2D eigenvalue weighted by molar-refractivity contribution is -0.159. The Morgan fingerprint density at radius 3 is 2.38 bits per heavy atom. The Balaban J connectivity index is 3.52. The highest BCUT2D eigenvalue weighted by molar-refractivity contribution is 6.29. The third-order valence-electron chi connectivity index (χ3n) is 1.35. The largest absolute Gasteiger partial charge is 0.393 e. The van der Waals surface area contributed by atoms with E-state index in [0.29, 0.717) is 17.9 Å². The number of rotatable bonds is 5. The number of halogens is 1. The molecule has 0 aromatic carbocycles. The highest BCUT2D eigenvalue weighted by Crippen LogP contribution is 2.09. The van der Waals surface area contributed by atoms with Crippen LogP contribution in [0, 0.1) is 0 Å². The summed E-state index contributed by atoms with van der Waals surface area (Å²) in [7, 11) is 0. The van der Waals surface area contributed by atoms with E-state index in [-0.39, 0.29) is 12.8 Å². The van der Waals surface area contributed by atoms with Crippen LogP contribution in [0.5, 0.6) is 0 Å². The van der Waals surface area contributed by atoms with E-state index in [4.69, 9.17) is 11.6 Å². The van der Waals surface area contributed by atoms with Gasteiger partial charge in [0.25, 0.3) is 0 Å². The topological polar surface area (TPSA) is 43.4 Å². The summed E-state index contributed by atoms with van der Waals surface area (Å²) in [5.74, 6) is -0.987. The summed E-state index contributed by atoms with van der Waals surface area (Å²) < 4.78 is 4.43. The normalized spacial score (nSPS) is 9.38. The van der Waals surface area contributed by atoms with Crippen LogP contribution in [-0.2, 0) is 14.3 Å². The monoisotopic (exact) mass is 204 g/mol. The molecule has 0 aromatic heterocycles. The zero-order valence-corrected chi connectivity index (χ0v) is 8.39. The lowest BCUT2D eigenvalue weighted by atomic mass is 10.2. The lowest BCUT2D eigenvalue weighted by Crippen LogP contribution is -2.10. The van der Waals surface area contributed by atoms with Gasteiger partial charge in [-0.3, -0.25) is 9.59 Å². The Hall–Kier alpha value is -0.830. The van der Waals surface area contributed by atoms with Gasteiger partial charge in [0.1, 0.15) is 0 Å². The summed E-state index contributed by atoms with van der Waals surface area (Å²) in [4.78, 5) is 21.5. The van der Waals surface area contributed by atoms with Crippen LogP contribution < -0.4 is 0 Å². The van der Waals surface area contributed by atoms with Crippen molar-refractivity contribution in [2.45, 2.75) is 32.6 Å². The molecule has 0 N–H and O–H groups in total. The third-order valence-corrected chi connectivity index (χ3v) is 1.53. The van der Waals surface area contributed by atoms with Crippen molar-refractivity contribution in [1.29, 1.82) is 0 Å². The van der Waals surface area contributed by atoms with Crippen molar-refractivity contribution in [2.24, 2.45) is 0 Å². The van der Waals surface area contributed by atoms with Crippen LogP contribution in [0.2, 0.25) is 0 Å². The molecule has 0 fully saturated rings. The highest BCUT2D eigenvalue weighted by atomic mass is 35.5. The van der Waals surface area contributed by atoms with E-state index in [0.717, 1.165) is 0 Å². The molecule has 0 aliphatic heterocycles. The van der Waals surface area contributed by atoms with E-state index in [1.807, 2.05) is 0 Å². The molecule has 0 radical (unpaired) electrons. The van der Waals surface area contributed by atoms with Crippen molar-refractivity contribution in [3.63, 3.8) is 0 Å². The van der Waals surface area contributed by atoms with E-state index < -0.39 is 11.9 Å². The van der Waals surface area contributed by atoms with Gasteiger partial charge in [0, 0.05) is 17.9 Å². The maximum absolute atomic E-state index is 10.9. The van der Waals surface area contributed by atoms with Crippen LogP contribution in [0.3, 0.4) is 0 Å². The van der Waals surface area contributed by atoms with E-state index in [1.165, 1.54) is 0 Å². The van der Waals surface area contributed by atoms with Gasteiger partial charge in [0.2, 0.25) is 0 Å². The summed E-state index contributed by atoms with van der Waals surface area (Å²) in [6, 6.07) is 0. The fourth-order valence-electron chi connectivity index (χ4n) is 0.675. The Kier molecular flexibility index (Phi) is 6.24. The molecule has 3 nitrogen and oxygen atoms in total. The van der Waals surface area contributed by atoms with Crippen molar-refractivity contribution in [3.8, 4) is 0 Å². The first-order chi connectivity index (χ1) is 6.06. The average molecular weight is 205 g/mol. The smallest absolute Gasteiger partial charge is 0.313 e. The molecule has 0 aliphatic carbocycles. The highest BCUT2D eigenvalue weighted by Gasteiger charge is 2.07. The Bertz CT molecular complexity index is 211. The van der Waals surface area contributed by atoms with Gasteiger partial charge in [0.15, 0.2) is 0 Å². The molecular weight excluding hydrogens is 192 g/mol. The second kappa shape index (κ2) is 6.66. The second-order valence-electron chi connectivity index (χ2n) is 2.57. The van der Waals surface area contributed by atoms with Gasteiger partial charge in [0.05, 0.1) is 0 Å². The quantitative estimate of drug-likeness (QED) is 0.510. The summed E-state index contributed by atoms with van der Waals surface area (Å²) in [5, 5.41) is 0.509. The van der Waals surface area contributed by atoms with E-state index >= 15 is 0 Å². The fourth-order valence-corrected chi connectivity index (χ4v) is 0.808. The molecule has 0 unspecified atom stereocenters. The molecule has 0 aromatic rings. The minimum atomic E-state index is -0.496. The van der Waals surface area contributed by atoms with Crippen molar-refractivity contribution < 1.29 is 14.3 Å². The van der Waals surface area contributed by atoms with Gasteiger partial charge in [-0.15, -0.1) is 0 Å². The zero-order chi connectivity index (χ0) is 10.3. The van der Waals surface area contributed by atoms with Crippen LogP contribution in [0.4, 0.5) is 0 Å². The van der Waals surface area contributed by atoms with Gasteiger partial charge >= 0.3 is 11.9 Å². The zero-order valence-electron chi connectivity index (χ0n) is 7.64. The van der Waals surface area contributed by atoms with Crippen molar-refractivity contribution in [2.75, 3.05) is 0 Å². The first kappa shape index (κ1) is 12.2. The maximum atomic E-state index is 10.9. The molecule has 0 amide bonds. The molecule has 13 heavy (non-hydrogen) atoms. The number of ether oxygens (including phenoxy) is 1. The number of carbonyl (C=O) groups excluding carboxylic acids is 2. The molecule has 0 aliphatic rings. The molecular formula is C9H13ClO3. The molecule has 4 heteroatoms. The number of hydrogen-bond donors (Lipinski definition) is 0. The van der Waals surface area contributed by atoms with Gasteiger partial charge < -0.3 is 4.74 Å². The summed E-state index contributed by atoms with van der Waals surface area (Å²) in [6.07, 6.45) is 1.56.